The lowest BCUT2D eigenvalue weighted by atomic mass is 10.1. The molecule has 1 unspecified atom stereocenters. The van der Waals surface area contributed by atoms with Crippen molar-refractivity contribution in [3.63, 3.8) is 0 Å². The fraction of sp³-hybridized carbons (Fsp3) is 0.143. The molecule has 0 aliphatic carbocycles. The van der Waals surface area contributed by atoms with Crippen LogP contribution in [0.1, 0.15) is 23.6 Å². The van der Waals surface area contributed by atoms with Crippen LogP contribution in [-0.2, 0) is 0 Å². The topological polar surface area (TPSA) is 0 Å². The van der Waals surface area contributed by atoms with Crippen molar-refractivity contribution in [2.45, 2.75) is 19.4 Å². The molecule has 3 aromatic rings. The van der Waals surface area contributed by atoms with Gasteiger partial charge in [0.15, 0.2) is 0 Å². The highest BCUT2D eigenvalue weighted by atomic mass is 28.3. The minimum atomic E-state index is -1.49. The monoisotopic (exact) mass is 320 g/mol. The number of halogens is 1. The lowest BCUT2D eigenvalue weighted by Crippen LogP contribution is -2.46. The highest BCUT2D eigenvalue weighted by Gasteiger charge is 2.25. The highest BCUT2D eigenvalue weighted by molar-refractivity contribution is 6.86. The molecule has 0 N–H and O–H groups in total. The van der Waals surface area contributed by atoms with Gasteiger partial charge in [-0.05, 0) is 35.7 Å². The summed E-state index contributed by atoms with van der Waals surface area (Å²) in [7, 11) is -1.49. The van der Waals surface area contributed by atoms with Crippen molar-refractivity contribution in [3.05, 3.63) is 95.8 Å². The molecular formula is C21H21FSi. The van der Waals surface area contributed by atoms with E-state index in [9.17, 15) is 4.39 Å². The van der Waals surface area contributed by atoms with E-state index in [4.69, 9.17) is 0 Å². The van der Waals surface area contributed by atoms with Crippen molar-refractivity contribution in [1.29, 1.82) is 0 Å². The minimum absolute atomic E-state index is 0.147. The van der Waals surface area contributed by atoms with E-state index in [-0.39, 0.29) is 5.82 Å². The first kappa shape index (κ1) is 15.7. The average Bonchev–Trinajstić information content (AvgIpc) is 2.59. The third-order valence-electron chi connectivity index (χ3n) is 4.55. The second-order valence-electron chi connectivity index (χ2n) is 6.09. The Hall–Kier alpha value is -2.19. The predicted octanol–water partition coefficient (Wildman–Crippen LogP) is 3.82. The van der Waals surface area contributed by atoms with Gasteiger partial charge in [0.25, 0.3) is 0 Å². The van der Waals surface area contributed by atoms with Gasteiger partial charge < -0.3 is 0 Å². The lowest BCUT2D eigenvalue weighted by Gasteiger charge is -2.25. The molecule has 0 aromatic heterocycles. The van der Waals surface area contributed by atoms with Crippen molar-refractivity contribution in [1.82, 2.24) is 0 Å². The summed E-state index contributed by atoms with van der Waals surface area (Å²) < 4.78 is 13.8. The summed E-state index contributed by atoms with van der Waals surface area (Å²) >= 11 is 0. The maximum absolute atomic E-state index is 13.8. The molecule has 0 heterocycles. The molecule has 3 aromatic carbocycles. The van der Waals surface area contributed by atoms with Crippen LogP contribution in [0.4, 0.5) is 4.39 Å². The van der Waals surface area contributed by atoms with Crippen molar-refractivity contribution in [2.24, 2.45) is 0 Å². The fourth-order valence-corrected chi connectivity index (χ4v) is 6.90. The van der Waals surface area contributed by atoms with Crippen molar-refractivity contribution in [3.8, 4) is 0 Å². The molecule has 2 heteroatoms. The van der Waals surface area contributed by atoms with Gasteiger partial charge >= 0.3 is 0 Å². The molecule has 0 radical (unpaired) electrons. The smallest absolute Gasteiger partial charge is 0.123 e. The van der Waals surface area contributed by atoms with Gasteiger partial charge in [-0.15, -0.1) is 0 Å². The predicted molar refractivity (Wildman–Crippen MR) is 98.9 cm³/mol. The van der Waals surface area contributed by atoms with E-state index in [0.717, 1.165) is 5.56 Å². The second-order valence-corrected chi connectivity index (χ2v) is 9.38. The molecule has 3 rings (SSSR count). The van der Waals surface area contributed by atoms with Crippen LogP contribution in [0.15, 0.2) is 78.9 Å². The molecule has 0 fully saturated rings. The number of hydrogen-bond donors (Lipinski definition) is 0. The van der Waals surface area contributed by atoms with Gasteiger partial charge in [-0.1, -0.05) is 84.0 Å². The van der Waals surface area contributed by atoms with E-state index in [0.29, 0.717) is 5.54 Å². The Bertz CT molecular complexity index is 729. The first-order valence-corrected chi connectivity index (χ1v) is 9.85. The standard InChI is InChI=1S/C21H21FSi/c1-16-13-14-18(22)15-21(16)17(2)23(19-9-5-3-6-10-19)20-11-7-4-8-12-20/h3-15,17,23H,1-2H3. The molecule has 0 amide bonds. The normalized spacial score (nSPS) is 12.3. The van der Waals surface area contributed by atoms with Crippen LogP contribution in [0.3, 0.4) is 0 Å². The Kier molecular flexibility index (Phi) is 4.72. The summed E-state index contributed by atoms with van der Waals surface area (Å²) in [5, 5.41) is 2.80. The van der Waals surface area contributed by atoms with E-state index < -0.39 is 8.80 Å². The molecule has 116 valence electrons. The van der Waals surface area contributed by atoms with E-state index in [2.05, 4.69) is 74.5 Å². The summed E-state index contributed by atoms with van der Waals surface area (Å²) in [6.07, 6.45) is 0. The second kappa shape index (κ2) is 6.92. The van der Waals surface area contributed by atoms with Crippen molar-refractivity contribution in [2.75, 3.05) is 0 Å². The Morgan fingerprint density at radius 1 is 0.783 bits per heavy atom. The largest absolute Gasteiger partial charge is 0.207 e. The van der Waals surface area contributed by atoms with Gasteiger partial charge in [0.1, 0.15) is 14.6 Å². The summed E-state index contributed by atoms with van der Waals surface area (Å²) in [5.41, 5.74) is 2.63. The molecule has 0 aliphatic rings. The third-order valence-corrected chi connectivity index (χ3v) is 8.11. The zero-order chi connectivity index (χ0) is 16.2. The van der Waals surface area contributed by atoms with Crippen LogP contribution in [0.25, 0.3) is 0 Å². The Morgan fingerprint density at radius 3 is 1.83 bits per heavy atom. The molecule has 0 aliphatic heterocycles. The Labute approximate surface area is 139 Å². The van der Waals surface area contributed by atoms with Crippen molar-refractivity contribution >= 4 is 19.2 Å². The number of benzene rings is 3. The van der Waals surface area contributed by atoms with Gasteiger partial charge in [0.05, 0.1) is 0 Å². The van der Waals surface area contributed by atoms with Gasteiger partial charge in [-0.25, -0.2) is 4.39 Å². The maximum Gasteiger partial charge on any atom is 0.123 e. The van der Waals surface area contributed by atoms with Crippen LogP contribution in [0, 0.1) is 12.7 Å². The molecular weight excluding hydrogens is 299 g/mol. The van der Waals surface area contributed by atoms with Crippen LogP contribution in [0.2, 0.25) is 0 Å². The molecule has 0 saturated heterocycles. The van der Waals surface area contributed by atoms with Gasteiger partial charge in [-0.3, -0.25) is 0 Å². The molecule has 0 nitrogen and oxygen atoms in total. The van der Waals surface area contributed by atoms with Gasteiger partial charge in [0.2, 0.25) is 0 Å². The first-order chi connectivity index (χ1) is 11.2. The Morgan fingerprint density at radius 2 is 1.30 bits per heavy atom. The number of rotatable bonds is 4. The number of aryl methyl sites for hydroxylation is 1. The van der Waals surface area contributed by atoms with Crippen LogP contribution in [-0.4, -0.2) is 8.80 Å². The van der Waals surface area contributed by atoms with E-state index in [1.54, 1.807) is 12.1 Å². The molecule has 0 saturated carbocycles. The summed E-state index contributed by atoms with van der Waals surface area (Å²) in [4.78, 5) is 0. The lowest BCUT2D eigenvalue weighted by molar-refractivity contribution is 0.624. The van der Waals surface area contributed by atoms with Crippen LogP contribution >= 0.6 is 0 Å². The summed E-state index contributed by atoms with van der Waals surface area (Å²) in [5.74, 6) is -0.147. The maximum atomic E-state index is 13.8. The van der Waals surface area contributed by atoms with E-state index in [1.165, 1.54) is 15.9 Å². The zero-order valence-electron chi connectivity index (χ0n) is 13.5. The van der Waals surface area contributed by atoms with Gasteiger partial charge in [-0.2, -0.15) is 0 Å². The van der Waals surface area contributed by atoms with Gasteiger partial charge in [0, 0.05) is 0 Å². The molecule has 23 heavy (non-hydrogen) atoms. The Balaban J connectivity index is 2.10. The van der Waals surface area contributed by atoms with Crippen LogP contribution < -0.4 is 10.4 Å². The average molecular weight is 320 g/mol. The van der Waals surface area contributed by atoms with Crippen LogP contribution in [0.5, 0.6) is 0 Å². The number of hydrogen-bond acceptors (Lipinski definition) is 0. The zero-order valence-corrected chi connectivity index (χ0v) is 14.7. The SMILES string of the molecule is Cc1ccc(F)cc1C(C)[SiH](c1ccccc1)c1ccccc1. The van der Waals surface area contributed by atoms with E-state index >= 15 is 0 Å². The van der Waals surface area contributed by atoms with Crippen molar-refractivity contribution < 1.29 is 4.39 Å². The third kappa shape index (κ3) is 3.43. The summed E-state index contributed by atoms with van der Waals surface area (Å²) in [6.45, 7) is 4.32. The molecule has 1 atom stereocenters. The molecule has 0 bridgehead atoms. The fourth-order valence-electron chi connectivity index (χ4n) is 3.37. The quantitative estimate of drug-likeness (QED) is 0.641. The highest BCUT2D eigenvalue weighted by Crippen LogP contribution is 2.23. The molecule has 0 spiro atoms. The first-order valence-electron chi connectivity index (χ1n) is 8.03. The van der Waals surface area contributed by atoms with E-state index in [1.807, 2.05) is 6.07 Å². The minimum Gasteiger partial charge on any atom is -0.207 e. The summed E-state index contributed by atoms with van der Waals surface area (Å²) in [6, 6.07) is 26.5.